The van der Waals surface area contributed by atoms with E-state index in [2.05, 4.69) is 16.4 Å². The van der Waals surface area contributed by atoms with E-state index in [0.29, 0.717) is 17.3 Å². The number of nitriles is 1. The lowest BCUT2D eigenvalue weighted by Gasteiger charge is -2.33. The molecule has 3 aromatic rings. The van der Waals surface area contributed by atoms with Gasteiger partial charge in [-0.2, -0.15) is 5.26 Å². The van der Waals surface area contributed by atoms with Crippen LogP contribution in [0.25, 0.3) is 10.9 Å². The number of nitrogens with one attached hydrogen (secondary N) is 2. The second-order valence-corrected chi connectivity index (χ2v) is 10.6. The number of likely N-dealkylation sites (tertiary alicyclic amines) is 1. The predicted molar refractivity (Wildman–Crippen MR) is 136 cm³/mol. The molecule has 1 saturated heterocycles. The largest absolute Gasteiger partial charge is 0.348 e. The molecule has 3 amide bonds. The number of likely N-dealkylation sites (N-methyl/N-ethyl adjacent to an activating group) is 1. The summed E-state index contributed by atoms with van der Waals surface area (Å²) in [6.45, 7) is 3.69. The van der Waals surface area contributed by atoms with Gasteiger partial charge in [0.2, 0.25) is 11.8 Å². The van der Waals surface area contributed by atoms with Crippen LogP contribution < -0.4 is 5.32 Å². The summed E-state index contributed by atoms with van der Waals surface area (Å²) < 4.78 is 42.2. The van der Waals surface area contributed by atoms with E-state index >= 15 is 0 Å². The summed E-state index contributed by atoms with van der Waals surface area (Å²) in [6, 6.07) is 8.80. The second kappa shape index (κ2) is 9.45. The van der Waals surface area contributed by atoms with Crippen LogP contribution in [0.15, 0.2) is 36.4 Å². The van der Waals surface area contributed by atoms with Crippen LogP contribution in [0.1, 0.15) is 42.7 Å². The molecule has 1 unspecified atom stereocenters. The normalized spacial score (nSPS) is 20.8. The van der Waals surface area contributed by atoms with Gasteiger partial charge in [-0.1, -0.05) is 32.0 Å². The van der Waals surface area contributed by atoms with Crippen molar-refractivity contribution < 1.29 is 27.6 Å². The first-order chi connectivity index (χ1) is 18.5. The van der Waals surface area contributed by atoms with Crippen molar-refractivity contribution in [1.82, 2.24) is 14.8 Å². The van der Waals surface area contributed by atoms with Gasteiger partial charge in [-0.05, 0) is 30.0 Å². The Kier molecular flexibility index (Phi) is 6.37. The zero-order valence-electron chi connectivity index (χ0n) is 21.5. The van der Waals surface area contributed by atoms with Crippen molar-refractivity contribution in [3.8, 4) is 6.07 Å². The van der Waals surface area contributed by atoms with Crippen molar-refractivity contribution in [3.63, 3.8) is 0 Å². The molecule has 39 heavy (non-hydrogen) atoms. The fourth-order valence-electron chi connectivity index (χ4n) is 5.68. The van der Waals surface area contributed by atoms with Crippen LogP contribution in [0.4, 0.5) is 18.9 Å². The molecule has 2 aromatic carbocycles. The van der Waals surface area contributed by atoms with Crippen LogP contribution in [-0.4, -0.2) is 58.2 Å². The number of halogens is 3. The van der Waals surface area contributed by atoms with Gasteiger partial charge >= 0.3 is 0 Å². The summed E-state index contributed by atoms with van der Waals surface area (Å²) in [5, 5.41) is 12.5. The van der Waals surface area contributed by atoms with Crippen LogP contribution in [0.3, 0.4) is 0 Å². The number of hydrogen-bond acceptors (Lipinski definition) is 4. The predicted octanol–water partition coefficient (Wildman–Crippen LogP) is 4.09. The third-order valence-electron chi connectivity index (χ3n) is 7.67. The minimum absolute atomic E-state index is 0.0361. The van der Waals surface area contributed by atoms with Crippen molar-refractivity contribution in [1.29, 1.82) is 5.26 Å². The minimum Gasteiger partial charge on any atom is -0.348 e. The molecular weight excluding hydrogens is 511 g/mol. The molecule has 3 heterocycles. The highest BCUT2D eigenvalue weighted by molar-refractivity contribution is 6.07. The Morgan fingerprint density at radius 2 is 1.92 bits per heavy atom. The Morgan fingerprint density at radius 1 is 1.21 bits per heavy atom. The molecule has 2 aliphatic heterocycles. The smallest absolute Gasteiger partial charge is 0.270 e. The van der Waals surface area contributed by atoms with Gasteiger partial charge in [-0.15, -0.1) is 0 Å². The lowest BCUT2D eigenvalue weighted by Crippen LogP contribution is -2.52. The third kappa shape index (κ3) is 4.11. The first-order valence-corrected chi connectivity index (χ1v) is 12.5. The van der Waals surface area contributed by atoms with Crippen LogP contribution in [0.2, 0.25) is 0 Å². The number of aromatic amines is 1. The summed E-state index contributed by atoms with van der Waals surface area (Å²) in [5.74, 6) is -5.35. The number of aromatic nitrogens is 1. The molecule has 1 spiro atoms. The molecule has 0 radical (unpaired) electrons. The van der Waals surface area contributed by atoms with E-state index in [9.17, 15) is 32.8 Å². The standard InChI is InChI=1S/C28H26F3N5O3/c1-14(2)8-22(35(3)25(37)21-9-16-18(29)10-19(30)23(31)24(16)33-21)26(38)36-13-28(11-15(36)12-32)17-6-4-5-7-20(17)34-27(28)39/h4-7,9-10,14-15,22,33H,8,11,13H2,1-3H3,(H,34,39)/t15?,22-,28-/m0/s1. The molecular formula is C28H26F3N5O3. The Bertz CT molecular complexity index is 1560. The monoisotopic (exact) mass is 537 g/mol. The molecule has 0 saturated carbocycles. The number of H-pyrrole nitrogens is 1. The van der Waals surface area contributed by atoms with Gasteiger partial charge in [0.15, 0.2) is 11.6 Å². The quantitative estimate of drug-likeness (QED) is 0.478. The molecule has 3 atom stereocenters. The molecule has 0 bridgehead atoms. The summed E-state index contributed by atoms with van der Waals surface area (Å²) in [6.07, 6.45) is 0.333. The van der Waals surface area contributed by atoms with E-state index < -0.39 is 52.3 Å². The maximum atomic E-state index is 14.3. The van der Waals surface area contributed by atoms with Gasteiger partial charge in [0.25, 0.3) is 5.91 Å². The number of fused-ring (bicyclic) bond motifs is 3. The number of nitrogens with zero attached hydrogens (tertiary/aromatic N) is 3. The van der Waals surface area contributed by atoms with E-state index in [1.54, 1.807) is 24.3 Å². The maximum absolute atomic E-state index is 14.3. The number of rotatable bonds is 5. The number of hydrogen-bond donors (Lipinski definition) is 2. The number of para-hydroxylation sites is 1. The van der Waals surface area contributed by atoms with Gasteiger partial charge in [0.1, 0.15) is 23.6 Å². The number of carbonyl (C=O) groups is 3. The van der Waals surface area contributed by atoms with Gasteiger partial charge in [0.05, 0.1) is 17.0 Å². The van der Waals surface area contributed by atoms with Crippen molar-refractivity contribution in [2.75, 3.05) is 18.9 Å². The summed E-state index contributed by atoms with van der Waals surface area (Å²) in [5.41, 5.74) is -0.461. The first-order valence-electron chi connectivity index (χ1n) is 12.5. The second-order valence-electron chi connectivity index (χ2n) is 10.6. The summed E-state index contributed by atoms with van der Waals surface area (Å²) in [4.78, 5) is 45.5. The zero-order chi connectivity index (χ0) is 28.2. The van der Waals surface area contributed by atoms with Crippen LogP contribution in [0, 0.1) is 34.7 Å². The van der Waals surface area contributed by atoms with Gasteiger partial charge in [0, 0.05) is 37.2 Å². The van der Waals surface area contributed by atoms with Gasteiger partial charge in [-0.3, -0.25) is 14.4 Å². The first kappa shape index (κ1) is 26.3. The van der Waals surface area contributed by atoms with Crippen LogP contribution in [0.5, 0.6) is 0 Å². The zero-order valence-corrected chi connectivity index (χ0v) is 21.5. The van der Waals surface area contributed by atoms with E-state index in [0.717, 1.165) is 11.0 Å². The van der Waals surface area contributed by atoms with E-state index in [1.807, 2.05) is 13.8 Å². The Morgan fingerprint density at radius 3 is 2.62 bits per heavy atom. The molecule has 8 nitrogen and oxygen atoms in total. The number of anilines is 1. The number of amides is 3. The topological polar surface area (TPSA) is 109 Å². The van der Waals surface area contributed by atoms with E-state index in [1.165, 1.54) is 11.9 Å². The Hall–Kier alpha value is -4.33. The molecule has 202 valence electrons. The lowest BCUT2D eigenvalue weighted by atomic mass is 9.80. The van der Waals surface area contributed by atoms with Crippen molar-refractivity contribution in [2.24, 2.45) is 5.92 Å². The van der Waals surface area contributed by atoms with Crippen molar-refractivity contribution in [3.05, 3.63) is 65.1 Å². The minimum atomic E-state index is -1.40. The molecule has 11 heteroatoms. The molecule has 0 aliphatic carbocycles. The Labute approximate surface area is 222 Å². The fourth-order valence-corrected chi connectivity index (χ4v) is 5.68. The van der Waals surface area contributed by atoms with E-state index in [4.69, 9.17) is 0 Å². The van der Waals surface area contributed by atoms with Gasteiger partial charge in [-0.25, -0.2) is 13.2 Å². The molecule has 1 fully saturated rings. The van der Waals surface area contributed by atoms with Crippen LogP contribution >= 0.6 is 0 Å². The van der Waals surface area contributed by atoms with E-state index in [-0.39, 0.29) is 42.3 Å². The van der Waals surface area contributed by atoms with Crippen molar-refractivity contribution >= 4 is 34.3 Å². The highest BCUT2D eigenvalue weighted by Gasteiger charge is 2.56. The molecule has 1 aromatic heterocycles. The molecule has 2 aliphatic rings. The summed E-state index contributed by atoms with van der Waals surface area (Å²) >= 11 is 0. The Balaban J connectivity index is 1.48. The summed E-state index contributed by atoms with van der Waals surface area (Å²) in [7, 11) is 1.39. The molecule has 2 N–H and O–H groups in total. The van der Waals surface area contributed by atoms with Gasteiger partial charge < -0.3 is 20.1 Å². The SMILES string of the molecule is CC(C)C[C@@H](C(=O)N1C[C@]2(CC1C#N)C(=O)Nc1ccccc12)N(C)C(=O)c1cc2c(F)cc(F)c(F)c2[nH]1. The van der Waals surface area contributed by atoms with Crippen LogP contribution in [-0.2, 0) is 15.0 Å². The number of carbonyl (C=O) groups excluding carboxylic acids is 3. The molecule has 5 rings (SSSR count). The fraction of sp³-hybridized carbons (Fsp3) is 0.357. The number of benzene rings is 2. The maximum Gasteiger partial charge on any atom is 0.270 e. The average molecular weight is 538 g/mol. The average Bonchev–Trinajstić information content (AvgIpc) is 3.60. The lowest BCUT2D eigenvalue weighted by molar-refractivity contribution is -0.136. The highest BCUT2D eigenvalue weighted by Crippen LogP contribution is 2.46. The highest BCUT2D eigenvalue weighted by atomic mass is 19.2. The third-order valence-corrected chi connectivity index (χ3v) is 7.67. The van der Waals surface area contributed by atoms with Crippen molar-refractivity contribution in [2.45, 2.75) is 44.2 Å².